The highest BCUT2D eigenvalue weighted by atomic mass is 16.5. The van der Waals surface area contributed by atoms with Crippen LogP contribution >= 0.6 is 0 Å². The van der Waals surface area contributed by atoms with E-state index in [1.807, 2.05) is 43.3 Å². The molecular formula is C16H19NO2. The van der Waals surface area contributed by atoms with Gasteiger partial charge in [0.1, 0.15) is 11.5 Å². The number of methoxy groups -OCH3 is 2. The molecule has 0 heterocycles. The van der Waals surface area contributed by atoms with Crippen LogP contribution in [0.25, 0.3) is 0 Å². The predicted octanol–water partition coefficient (Wildman–Crippen LogP) is 3.06. The molecule has 2 aromatic carbocycles. The average molecular weight is 257 g/mol. The lowest BCUT2D eigenvalue weighted by Crippen LogP contribution is -2.13. The minimum absolute atomic E-state index is 0.232. The van der Waals surface area contributed by atoms with Crippen LogP contribution in [0.1, 0.15) is 22.7 Å². The van der Waals surface area contributed by atoms with Gasteiger partial charge in [0.05, 0.1) is 20.3 Å². The standard InChI is InChI=1S/C16H19NO2/c1-11-7-8-15(19-3)14(9-11)16(17)12-5-4-6-13(10-12)18-2/h4-10,16H,17H2,1-3H3. The second kappa shape index (κ2) is 5.76. The van der Waals surface area contributed by atoms with Gasteiger partial charge >= 0.3 is 0 Å². The third-order valence-electron chi connectivity index (χ3n) is 3.17. The van der Waals surface area contributed by atoms with E-state index in [4.69, 9.17) is 15.2 Å². The molecule has 3 nitrogen and oxygen atoms in total. The van der Waals surface area contributed by atoms with Gasteiger partial charge in [-0.3, -0.25) is 0 Å². The Labute approximate surface area is 114 Å². The molecule has 0 aliphatic rings. The van der Waals surface area contributed by atoms with Crippen LogP contribution in [0.4, 0.5) is 0 Å². The van der Waals surface area contributed by atoms with E-state index >= 15 is 0 Å². The van der Waals surface area contributed by atoms with E-state index in [1.165, 1.54) is 0 Å². The van der Waals surface area contributed by atoms with Crippen LogP contribution in [0, 0.1) is 6.92 Å². The first-order valence-corrected chi connectivity index (χ1v) is 6.19. The molecule has 2 aromatic rings. The van der Waals surface area contributed by atoms with Gasteiger partial charge in [-0.2, -0.15) is 0 Å². The van der Waals surface area contributed by atoms with Crippen molar-refractivity contribution in [3.8, 4) is 11.5 Å². The zero-order valence-corrected chi connectivity index (χ0v) is 11.5. The van der Waals surface area contributed by atoms with Gasteiger partial charge in [-0.15, -0.1) is 0 Å². The highest BCUT2D eigenvalue weighted by Gasteiger charge is 2.14. The number of ether oxygens (including phenoxy) is 2. The zero-order valence-electron chi connectivity index (χ0n) is 11.5. The lowest BCUT2D eigenvalue weighted by molar-refractivity contribution is 0.406. The van der Waals surface area contributed by atoms with E-state index < -0.39 is 0 Å². The number of nitrogens with two attached hydrogens (primary N) is 1. The summed E-state index contributed by atoms with van der Waals surface area (Å²) >= 11 is 0. The van der Waals surface area contributed by atoms with E-state index in [2.05, 4.69) is 6.07 Å². The van der Waals surface area contributed by atoms with Gasteiger partial charge in [0.25, 0.3) is 0 Å². The van der Waals surface area contributed by atoms with Crippen molar-refractivity contribution in [3.05, 3.63) is 59.2 Å². The first-order chi connectivity index (χ1) is 9.15. The van der Waals surface area contributed by atoms with Gasteiger partial charge in [0.15, 0.2) is 0 Å². The highest BCUT2D eigenvalue weighted by Crippen LogP contribution is 2.30. The van der Waals surface area contributed by atoms with E-state index in [0.29, 0.717) is 0 Å². The highest BCUT2D eigenvalue weighted by molar-refractivity contribution is 5.44. The van der Waals surface area contributed by atoms with Crippen LogP contribution in [-0.4, -0.2) is 14.2 Å². The van der Waals surface area contributed by atoms with Crippen LogP contribution in [-0.2, 0) is 0 Å². The molecule has 0 amide bonds. The van der Waals surface area contributed by atoms with Crippen LogP contribution in [0.15, 0.2) is 42.5 Å². The molecule has 2 N–H and O–H groups in total. The summed E-state index contributed by atoms with van der Waals surface area (Å²) in [4.78, 5) is 0. The molecule has 100 valence electrons. The molecule has 2 rings (SSSR count). The fraction of sp³-hybridized carbons (Fsp3) is 0.250. The Bertz CT molecular complexity index is 566. The van der Waals surface area contributed by atoms with Crippen LogP contribution < -0.4 is 15.2 Å². The molecule has 0 aliphatic heterocycles. The summed E-state index contributed by atoms with van der Waals surface area (Å²) in [6, 6.07) is 13.6. The van der Waals surface area contributed by atoms with Crippen molar-refractivity contribution in [1.82, 2.24) is 0 Å². The molecule has 0 aliphatic carbocycles. The molecule has 0 bridgehead atoms. The largest absolute Gasteiger partial charge is 0.497 e. The minimum atomic E-state index is -0.232. The summed E-state index contributed by atoms with van der Waals surface area (Å²) < 4.78 is 10.6. The number of rotatable bonds is 4. The monoisotopic (exact) mass is 257 g/mol. The van der Waals surface area contributed by atoms with Gasteiger partial charge < -0.3 is 15.2 Å². The lowest BCUT2D eigenvalue weighted by Gasteiger charge is -2.17. The molecule has 0 saturated carbocycles. The smallest absolute Gasteiger partial charge is 0.123 e. The molecule has 0 radical (unpaired) electrons. The number of aryl methyl sites for hydroxylation is 1. The summed E-state index contributed by atoms with van der Waals surface area (Å²) in [5.74, 6) is 1.61. The van der Waals surface area contributed by atoms with Gasteiger partial charge in [-0.25, -0.2) is 0 Å². The van der Waals surface area contributed by atoms with Crippen molar-refractivity contribution < 1.29 is 9.47 Å². The maximum Gasteiger partial charge on any atom is 0.123 e. The maximum absolute atomic E-state index is 6.35. The van der Waals surface area contributed by atoms with Gasteiger partial charge in [0.2, 0.25) is 0 Å². The SMILES string of the molecule is COc1cccc(C(N)c2cc(C)ccc2OC)c1. The van der Waals surface area contributed by atoms with E-state index in [-0.39, 0.29) is 6.04 Å². The number of benzene rings is 2. The molecule has 0 spiro atoms. The molecule has 3 heteroatoms. The van der Waals surface area contributed by atoms with Crippen LogP contribution in [0.3, 0.4) is 0 Å². The van der Waals surface area contributed by atoms with Crippen molar-refractivity contribution >= 4 is 0 Å². The summed E-state index contributed by atoms with van der Waals surface area (Å²) in [6.07, 6.45) is 0. The summed E-state index contributed by atoms with van der Waals surface area (Å²) in [7, 11) is 3.31. The molecule has 0 fully saturated rings. The maximum atomic E-state index is 6.35. The van der Waals surface area contributed by atoms with Gasteiger partial charge in [-0.05, 0) is 30.7 Å². The molecule has 19 heavy (non-hydrogen) atoms. The van der Waals surface area contributed by atoms with Gasteiger partial charge in [0, 0.05) is 5.56 Å². The Balaban J connectivity index is 2.42. The van der Waals surface area contributed by atoms with Crippen molar-refractivity contribution in [3.63, 3.8) is 0 Å². The second-order valence-electron chi connectivity index (χ2n) is 4.50. The fourth-order valence-corrected chi connectivity index (χ4v) is 2.11. The molecule has 1 unspecified atom stereocenters. The Morgan fingerprint density at radius 1 is 1.00 bits per heavy atom. The Morgan fingerprint density at radius 2 is 1.79 bits per heavy atom. The van der Waals surface area contributed by atoms with E-state index in [9.17, 15) is 0 Å². The predicted molar refractivity (Wildman–Crippen MR) is 76.8 cm³/mol. The first kappa shape index (κ1) is 13.4. The topological polar surface area (TPSA) is 44.5 Å². The van der Waals surface area contributed by atoms with Crippen LogP contribution in [0.2, 0.25) is 0 Å². The Kier molecular flexibility index (Phi) is 4.07. The Hall–Kier alpha value is -2.00. The summed E-state index contributed by atoms with van der Waals surface area (Å²) in [6.45, 7) is 2.04. The van der Waals surface area contributed by atoms with Crippen molar-refractivity contribution in [2.75, 3.05) is 14.2 Å². The quantitative estimate of drug-likeness (QED) is 0.915. The number of hydrogen-bond donors (Lipinski definition) is 1. The minimum Gasteiger partial charge on any atom is -0.497 e. The molecule has 0 saturated heterocycles. The van der Waals surface area contributed by atoms with Crippen molar-refractivity contribution in [2.24, 2.45) is 5.73 Å². The molecule has 0 aromatic heterocycles. The zero-order chi connectivity index (χ0) is 13.8. The van der Waals surface area contributed by atoms with Crippen LogP contribution in [0.5, 0.6) is 11.5 Å². The number of hydrogen-bond acceptors (Lipinski definition) is 3. The van der Waals surface area contributed by atoms with Crippen molar-refractivity contribution in [2.45, 2.75) is 13.0 Å². The Morgan fingerprint density at radius 3 is 2.47 bits per heavy atom. The van der Waals surface area contributed by atoms with Crippen molar-refractivity contribution in [1.29, 1.82) is 0 Å². The fourth-order valence-electron chi connectivity index (χ4n) is 2.11. The third kappa shape index (κ3) is 2.88. The van der Waals surface area contributed by atoms with E-state index in [1.54, 1.807) is 14.2 Å². The first-order valence-electron chi connectivity index (χ1n) is 6.19. The summed E-state index contributed by atoms with van der Waals surface area (Å²) in [5, 5.41) is 0. The molecular weight excluding hydrogens is 238 g/mol. The average Bonchev–Trinajstić information content (AvgIpc) is 2.46. The van der Waals surface area contributed by atoms with E-state index in [0.717, 1.165) is 28.2 Å². The second-order valence-corrected chi connectivity index (χ2v) is 4.50. The summed E-state index contributed by atoms with van der Waals surface area (Å²) in [5.41, 5.74) is 9.50. The third-order valence-corrected chi connectivity index (χ3v) is 3.17. The lowest BCUT2D eigenvalue weighted by atomic mass is 9.97. The normalized spacial score (nSPS) is 12.0. The molecule has 1 atom stereocenters. The van der Waals surface area contributed by atoms with Gasteiger partial charge in [-0.1, -0.05) is 29.8 Å².